The first kappa shape index (κ1) is 16.5. The van der Waals surface area contributed by atoms with Gasteiger partial charge in [-0.15, -0.1) is 0 Å². The van der Waals surface area contributed by atoms with Crippen molar-refractivity contribution in [3.05, 3.63) is 68.6 Å². The predicted molar refractivity (Wildman–Crippen MR) is 94.7 cm³/mol. The molecule has 0 heterocycles. The van der Waals surface area contributed by atoms with Crippen molar-refractivity contribution in [2.45, 2.75) is 0 Å². The minimum Gasteiger partial charge on any atom is -0.508 e. The van der Waals surface area contributed by atoms with Crippen LogP contribution in [0.2, 0.25) is 0 Å². The summed E-state index contributed by atoms with van der Waals surface area (Å²) in [5.41, 5.74) is 1.59. The first-order valence-corrected chi connectivity index (χ1v) is 7.91. The predicted octanol–water partition coefficient (Wildman–Crippen LogP) is 4.92. The Morgan fingerprint density at radius 1 is 0.818 bits per heavy atom. The summed E-state index contributed by atoms with van der Waals surface area (Å²) in [4.78, 5) is 11.8. The number of aromatic hydroxyl groups is 2. The Kier molecular flexibility index (Phi) is 5.57. The number of phenols is 2. The highest BCUT2D eigenvalue weighted by Crippen LogP contribution is 2.24. The maximum atomic E-state index is 11.8. The summed E-state index contributed by atoms with van der Waals surface area (Å²) in [5.74, 6) is 0.153. The number of carbonyl (C=O) groups excluding carboxylic acids is 1. The van der Waals surface area contributed by atoms with E-state index in [1.807, 2.05) is 0 Å². The third kappa shape index (κ3) is 4.58. The number of hydrogen-bond donors (Lipinski definition) is 2. The van der Waals surface area contributed by atoms with Gasteiger partial charge in [-0.3, -0.25) is 4.79 Å². The lowest BCUT2D eigenvalue weighted by atomic mass is 10.1. The van der Waals surface area contributed by atoms with Crippen molar-refractivity contribution in [3.8, 4) is 11.5 Å². The van der Waals surface area contributed by atoms with Crippen molar-refractivity contribution < 1.29 is 15.0 Å². The summed E-state index contributed by atoms with van der Waals surface area (Å²) in [6.07, 6.45) is 6.23. The van der Waals surface area contributed by atoms with E-state index in [9.17, 15) is 15.0 Å². The summed E-state index contributed by atoms with van der Waals surface area (Å²) in [6.45, 7) is 0. The highest BCUT2D eigenvalue weighted by Gasteiger charge is 2.00. The lowest BCUT2D eigenvalue weighted by Gasteiger charge is -1.99. The largest absolute Gasteiger partial charge is 0.508 e. The van der Waals surface area contributed by atoms with Crippen LogP contribution in [0, 0.1) is 0 Å². The first-order chi connectivity index (χ1) is 10.5. The standard InChI is InChI=1S/C17H12Br2O3/c18-16-9-14(21)7-3-11(16)1-5-13(20)6-2-12-4-8-15(22)10-17(12)19/h1-10,21-22H/b5-1+,6-2+. The second-order valence-electron chi connectivity index (χ2n) is 4.48. The fourth-order valence-corrected chi connectivity index (χ4v) is 2.70. The van der Waals surface area contributed by atoms with Gasteiger partial charge in [0.15, 0.2) is 5.78 Å². The summed E-state index contributed by atoms with van der Waals surface area (Å²) in [7, 11) is 0. The van der Waals surface area contributed by atoms with E-state index in [4.69, 9.17) is 0 Å². The number of benzene rings is 2. The van der Waals surface area contributed by atoms with Gasteiger partial charge in [-0.2, -0.15) is 0 Å². The Morgan fingerprint density at radius 2 is 1.23 bits per heavy atom. The average Bonchev–Trinajstić information content (AvgIpc) is 2.45. The van der Waals surface area contributed by atoms with Crippen LogP contribution in [0.3, 0.4) is 0 Å². The number of carbonyl (C=O) groups is 1. The van der Waals surface area contributed by atoms with Gasteiger partial charge in [-0.05, 0) is 59.7 Å². The van der Waals surface area contributed by atoms with Crippen molar-refractivity contribution in [3.63, 3.8) is 0 Å². The van der Waals surface area contributed by atoms with Crippen LogP contribution in [-0.4, -0.2) is 16.0 Å². The summed E-state index contributed by atoms with van der Waals surface area (Å²) < 4.78 is 1.42. The quantitative estimate of drug-likeness (QED) is 0.686. The molecule has 2 aromatic carbocycles. The maximum Gasteiger partial charge on any atom is 0.178 e. The number of hydrogen-bond acceptors (Lipinski definition) is 3. The fraction of sp³-hybridized carbons (Fsp3) is 0. The molecule has 0 atom stereocenters. The van der Waals surface area contributed by atoms with Crippen LogP contribution in [0.15, 0.2) is 57.5 Å². The molecule has 5 heteroatoms. The van der Waals surface area contributed by atoms with Crippen LogP contribution in [0.5, 0.6) is 11.5 Å². The molecule has 0 saturated heterocycles. The van der Waals surface area contributed by atoms with Crippen molar-refractivity contribution >= 4 is 49.8 Å². The van der Waals surface area contributed by atoms with Crippen LogP contribution in [-0.2, 0) is 4.79 Å². The van der Waals surface area contributed by atoms with Crippen molar-refractivity contribution in [2.75, 3.05) is 0 Å². The van der Waals surface area contributed by atoms with E-state index in [2.05, 4.69) is 31.9 Å². The van der Waals surface area contributed by atoms with Crippen LogP contribution in [0.25, 0.3) is 12.2 Å². The fourth-order valence-electron chi connectivity index (χ4n) is 1.70. The van der Waals surface area contributed by atoms with Gasteiger partial charge in [0.05, 0.1) is 0 Å². The van der Waals surface area contributed by atoms with Crippen molar-refractivity contribution in [1.82, 2.24) is 0 Å². The van der Waals surface area contributed by atoms with Gasteiger partial charge in [0, 0.05) is 8.95 Å². The number of allylic oxidation sites excluding steroid dienone is 2. The highest BCUT2D eigenvalue weighted by atomic mass is 79.9. The van der Waals surface area contributed by atoms with E-state index in [0.717, 1.165) is 11.1 Å². The molecule has 0 bridgehead atoms. The summed E-state index contributed by atoms with van der Waals surface area (Å²) in [5, 5.41) is 18.6. The SMILES string of the molecule is O=C(/C=C/c1ccc(O)cc1Br)/C=C/c1ccc(O)cc1Br. The molecule has 0 spiro atoms. The minimum atomic E-state index is -0.167. The van der Waals surface area contributed by atoms with Gasteiger partial charge in [-0.1, -0.05) is 44.0 Å². The third-order valence-corrected chi connectivity index (χ3v) is 4.20. The Morgan fingerprint density at radius 3 is 1.59 bits per heavy atom. The van der Waals surface area contributed by atoms with Gasteiger partial charge in [0.1, 0.15) is 11.5 Å². The second kappa shape index (κ2) is 7.42. The molecule has 0 aromatic heterocycles. The molecule has 3 nitrogen and oxygen atoms in total. The van der Waals surface area contributed by atoms with E-state index in [1.54, 1.807) is 48.6 Å². The second-order valence-corrected chi connectivity index (χ2v) is 6.19. The monoisotopic (exact) mass is 422 g/mol. The normalized spacial score (nSPS) is 11.4. The summed E-state index contributed by atoms with van der Waals surface area (Å²) in [6, 6.07) is 9.66. The topological polar surface area (TPSA) is 57.5 Å². The molecule has 2 N–H and O–H groups in total. The lowest BCUT2D eigenvalue weighted by Crippen LogP contribution is -1.86. The van der Waals surface area contributed by atoms with Gasteiger partial charge >= 0.3 is 0 Å². The molecule has 0 unspecified atom stereocenters. The van der Waals surface area contributed by atoms with Crippen LogP contribution < -0.4 is 0 Å². The smallest absolute Gasteiger partial charge is 0.178 e. The lowest BCUT2D eigenvalue weighted by molar-refractivity contribution is -0.110. The zero-order chi connectivity index (χ0) is 16.1. The van der Waals surface area contributed by atoms with Gasteiger partial charge in [-0.25, -0.2) is 0 Å². The Labute approximate surface area is 144 Å². The Balaban J connectivity index is 2.09. The summed E-state index contributed by atoms with van der Waals surface area (Å²) >= 11 is 6.64. The van der Waals surface area contributed by atoms with E-state index in [0.29, 0.717) is 8.95 Å². The molecule has 22 heavy (non-hydrogen) atoms. The van der Waals surface area contributed by atoms with Crippen molar-refractivity contribution in [2.24, 2.45) is 0 Å². The van der Waals surface area contributed by atoms with Crippen molar-refractivity contribution in [1.29, 1.82) is 0 Å². The van der Waals surface area contributed by atoms with E-state index in [-0.39, 0.29) is 17.3 Å². The van der Waals surface area contributed by atoms with E-state index >= 15 is 0 Å². The molecular formula is C17H12Br2O3. The zero-order valence-corrected chi connectivity index (χ0v) is 14.5. The van der Waals surface area contributed by atoms with Crippen LogP contribution in [0.1, 0.15) is 11.1 Å². The van der Waals surface area contributed by atoms with Crippen LogP contribution >= 0.6 is 31.9 Å². The third-order valence-electron chi connectivity index (χ3n) is 2.82. The average molecular weight is 424 g/mol. The maximum absolute atomic E-state index is 11.8. The van der Waals surface area contributed by atoms with E-state index < -0.39 is 0 Å². The molecule has 0 aliphatic rings. The van der Waals surface area contributed by atoms with Gasteiger partial charge in [0.25, 0.3) is 0 Å². The molecule has 0 aliphatic heterocycles. The Hall–Kier alpha value is -1.85. The minimum absolute atomic E-state index is 0.160. The molecule has 0 aliphatic carbocycles. The number of rotatable bonds is 4. The number of ketones is 1. The molecule has 2 rings (SSSR count). The molecule has 112 valence electrons. The van der Waals surface area contributed by atoms with Gasteiger partial charge in [0.2, 0.25) is 0 Å². The molecule has 0 fully saturated rings. The van der Waals surface area contributed by atoms with E-state index in [1.165, 1.54) is 12.2 Å². The van der Waals surface area contributed by atoms with Crippen LogP contribution in [0.4, 0.5) is 0 Å². The number of phenolic OH excluding ortho intramolecular Hbond substituents is 2. The first-order valence-electron chi connectivity index (χ1n) is 6.33. The molecule has 0 radical (unpaired) electrons. The highest BCUT2D eigenvalue weighted by molar-refractivity contribution is 9.10. The molecule has 2 aromatic rings. The molecular weight excluding hydrogens is 412 g/mol. The number of halogens is 2. The Bertz CT molecular complexity index is 701. The molecule has 0 saturated carbocycles. The molecule has 0 amide bonds. The van der Waals surface area contributed by atoms with Gasteiger partial charge < -0.3 is 10.2 Å². The zero-order valence-electron chi connectivity index (χ0n) is 11.3.